The molecule has 0 radical (unpaired) electrons. The van der Waals surface area contributed by atoms with E-state index in [2.05, 4.69) is 10.3 Å². The van der Waals surface area contributed by atoms with Crippen LogP contribution in [0.25, 0.3) is 11.3 Å². The summed E-state index contributed by atoms with van der Waals surface area (Å²) in [6.45, 7) is 3.23. The van der Waals surface area contributed by atoms with Crippen LogP contribution >= 0.6 is 0 Å². The molecule has 0 saturated heterocycles. The molecule has 0 bridgehead atoms. The van der Waals surface area contributed by atoms with E-state index in [-0.39, 0.29) is 17.9 Å². The van der Waals surface area contributed by atoms with Gasteiger partial charge in [-0.1, -0.05) is 12.1 Å². The Labute approximate surface area is 175 Å². The number of benzene rings is 2. The molecular formula is C23H25N3O4. The topological polar surface area (TPSA) is 82.5 Å². The zero-order valence-electron chi connectivity index (χ0n) is 17.1. The largest absolute Gasteiger partial charge is 0.497 e. The Morgan fingerprint density at radius 3 is 2.40 bits per heavy atom. The van der Waals surface area contributed by atoms with E-state index < -0.39 is 0 Å². The number of amides is 1. The van der Waals surface area contributed by atoms with Gasteiger partial charge in [-0.3, -0.25) is 14.2 Å². The Morgan fingerprint density at radius 1 is 1.07 bits per heavy atom. The third kappa shape index (κ3) is 5.70. The average Bonchev–Trinajstić information content (AvgIpc) is 2.76. The molecule has 1 heterocycles. The molecule has 1 amide bonds. The van der Waals surface area contributed by atoms with Crippen LogP contribution in [-0.4, -0.2) is 35.7 Å². The van der Waals surface area contributed by atoms with Gasteiger partial charge in [0, 0.05) is 24.7 Å². The fourth-order valence-electron chi connectivity index (χ4n) is 2.95. The van der Waals surface area contributed by atoms with Crippen LogP contribution in [0.15, 0.2) is 65.7 Å². The fourth-order valence-corrected chi connectivity index (χ4v) is 2.95. The fraction of sp³-hybridized carbons (Fsp3) is 0.261. The van der Waals surface area contributed by atoms with Crippen LogP contribution < -0.4 is 20.3 Å². The van der Waals surface area contributed by atoms with E-state index in [0.717, 1.165) is 22.6 Å². The van der Waals surface area contributed by atoms with E-state index in [0.29, 0.717) is 25.4 Å². The van der Waals surface area contributed by atoms with Crippen LogP contribution in [0.4, 0.5) is 0 Å². The monoisotopic (exact) mass is 407 g/mol. The Hall–Kier alpha value is -3.61. The smallest absolute Gasteiger partial charge is 0.253 e. The summed E-state index contributed by atoms with van der Waals surface area (Å²) in [4.78, 5) is 28.8. The van der Waals surface area contributed by atoms with Gasteiger partial charge >= 0.3 is 0 Å². The molecule has 0 spiro atoms. The Balaban J connectivity index is 1.53. The normalized spacial score (nSPS) is 10.5. The number of ether oxygens (including phenoxy) is 2. The van der Waals surface area contributed by atoms with E-state index >= 15 is 0 Å². The van der Waals surface area contributed by atoms with Crippen molar-refractivity contribution in [2.45, 2.75) is 19.9 Å². The predicted octanol–water partition coefficient (Wildman–Crippen LogP) is 2.68. The lowest BCUT2D eigenvalue weighted by molar-refractivity contribution is -0.120. The number of methoxy groups -OCH3 is 1. The highest BCUT2D eigenvalue weighted by molar-refractivity contribution is 5.78. The summed E-state index contributed by atoms with van der Waals surface area (Å²) in [7, 11) is 1.60. The van der Waals surface area contributed by atoms with Crippen molar-refractivity contribution in [3.05, 3.63) is 76.8 Å². The van der Waals surface area contributed by atoms with Crippen molar-refractivity contribution < 1.29 is 14.3 Å². The minimum atomic E-state index is -0.168. The van der Waals surface area contributed by atoms with Gasteiger partial charge in [0.2, 0.25) is 5.91 Å². The Bertz CT molecular complexity index is 1030. The summed E-state index contributed by atoms with van der Waals surface area (Å²) in [6.07, 6.45) is 1.78. The molecule has 156 valence electrons. The van der Waals surface area contributed by atoms with Crippen molar-refractivity contribution in [1.82, 2.24) is 14.9 Å². The SMILES string of the molecule is CCOc1ccc(-c2cc(=O)n(CCNC(=O)Cc3ccc(OC)cc3)cn2)cc1. The van der Waals surface area contributed by atoms with Gasteiger partial charge < -0.3 is 14.8 Å². The zero-order chi connectivity index (χ0) is 21.3. The summed E-state index contributed by atoms with van der Waals surface area (Å²) in [5, 5.41) is 2.83. The van der Waals surface area contributed by atoms with Crippen LogP contribution in [0.2, 0.25) is 0 Å². The first kappa shape index (κ1) is 21.1. The highest BCUT2D eigenvalue weighted by atomic mass is 16.5. The summed E-state index contributed by atoms with van der Waals surface area (Å²) < 4.78 is 12.0. The molecule has 0 aliphatic carbocycles. The van der Waals surface area contributed by atoms with Crippen molar-refractivity contribution >= 4 is 5.91 Å². The number of rotatable bonds is 9. The van der Waals surface area contributed by atoms with Gasteiger partial charge in [0.25, 0.3) is 5.56 Å². The van der Waals surface area contributed by atoms with E-state index in [9.17, 15) is 9.59 Å². The maximum atomic E-state index is 12.4. The van der Waals surface area contributed by atoms with Gasteiger partial charge in [0.15, 0.2) is 0 Å². The van der Waals surface area contributed by atoms with Crippen LogP contribution in [0.1, 0.15) is 12.5 Å². The quantitative estimate of drug-likeness (QED) is 0.590. The average molecular weight is 407 g/mol. The molecule has 2 aromatic carbocycles. The molecular weight excluding hydrogens is 382 g/mol. The highest BCUT2D eigenvalue weighted by Crippen LogP contribution is 2.19. The summed E-state index contributed by atoms with van der Waals surface area (Å²) in [6, 6.07) is 16.3. The van der Waals surface area contributed by atoms with Crippen LogP contribution in [0.3, 0.4) is 0 Å². The van der Waals surface area contributed by atoms with Crippen LogP contribution in [0, 0.1) is 0 Å². The molecule has 0 unspecified atom stereocenters. The summed E-state index contributed by atoms with van der Waals surface area (Å²) >= 11 is 0. The van der Waals surface area contributed by atoms with Crippen molar-refractivity contribution in [1.29, 1.82) is 0 Å². The standard InChI is InChI=1S/C23H25N3O4/c1-3-30-20-10-6-18(7-11-20)21-15-23(28)26(16-25-21)13-12-24-22(27)14-17-4-8-19(29-2)9-5-17/h4-11,15-16H,3,12-14H2,1-2H3,(H,24,27). The lowest BCUT2D eigenvalue weighted by Crippen LogP contribution is -2.31. The van der Waals surface area contributed by atoms with E-state index in [1.54, 1.807) is 7.11 Å². The van der Waals surface area contributed by atoms with Crippen molar-refractivity contribution in [3.8, 4) is 22.8 Å². The first-order valence-electron chi connectivity index (χ1n) is 9.78. The van der Waals surface area contributed by atoms with Gasteiger partial charge in [-0.2, -0.15) is 0 Å². The molecule has 3 aromatic rings. The molecule has 1 aromatic heterocycles. The van der Waals surface area contributed by atoms with Gasteiger partial charge in [-0.05, 0) is 48.9 Å². The second-order valence-electron chi connectivity index (χ2n) is 6.64. The number of hydrogen-bond donors (Lipinski definition) is 1. The third-order valence-electron chi connectivity index (χ3n) is 4.54. The minimum Gasteiger partial charge on any atom is -0.497 e. The zero-order valence-corrected chi connectivity index (χ0v) is 17.1. The Kier molecular flexibility index (Phi) is 7.21. The molecule has 0 atom stereocenters. The Morgan fingerprint density at radius 2 is 1.77 bits per heavy atom. The number of aromatic nitrogens is 2. The number of carbonyl (C=O) groups excluding carboxylic acids is 1. The van der Waals surface area contributed by atoms with Gasteiger partial charge in [0.1, 0.15) is 11.5 Å². The van der Waals surface area contributed by atoms with Crippen LogP contribution in [-0.2, 0) is 17.8 Å². The van der Waals surface area contributed by atoms with Gasteiger partial charge in [-0.25, -0.2) is 4.98 Å². The molecule has 0 fully saturated rings. The molecule has 1 N–H and O–H groups in total. The summed E-state index contributed by atoms with van der Waals surface area (Å²) in [5.74, 6) is 1.42. The predicted molar refractivity (Wildman–Crippen MR) is 115 cm³/mol. The maximum Gasteiger partial charge on any atom is 0.253 e. The molecule has 3 rings (SSSR count). The van der Waals surface area contributed by atoms with E-state index in [1.165, 1.54) is 17.0 Å². The lowest BCUT2D eigenvalue weighted by Gasteiger charge is -2.09. The lowest BCUT2D eigenvalue weighted by atomic mass is 10.1. The number of carbonyl (C=O) groups is 1. The number of nitrogens with one attached hydrogen (secondary N) is 1. The van der Waals surface area contributed by atoms with Gasteiger partial charge in [0.05, 0.1) is 32.2 Å². The van der Waals surface area contributed by atoms with E-state index in [4.69, 9.17) is 9.47 Å². The molecule has 7 heteroatoms. The second kappa shape index (κ2) is 10.2. The third-order valence-corrected chi connectivity index (χ3v) is 4.54. The van der Waals surface area contributed by atoms with Crippen LogP contribution in [0.5, 0.6) is 11.5 Å². The van der Waals surface area contributed by atoms with Crippen molar-refractivity contribution in [2.75, 3.05) is 20.3 Å². The summed E-state index contributed by atoms with van der Waals surface area (Å²) in [5.41, 5.74) is 2.17. The maximum absolute atomic E-state index is 12.4. The molecule has 0 saturated carbocycles. The minimum absolute atomic E-state index is 0.104. The molecule has 30 heavy (non-hydrogen) atoms. The number of nitrogens with zero attached hydrogens (tertiary/aromatic N) is 2. The van der Waals surface area contributed by atoms with Crippen molar-refractivity contribution in [2.24, 2.45) is 0 Å². The highest BCUT2D eigenvalue weighted by Gasteiger charge is 2.06. The van der Waals surface area contributed by atoms with E-state index in [1.807, 2.05) is 55.5 Å². The first-order chi connectivity index (χ1) is 14.6. The number of hydrogen-bond acceptors (Lipinski definition) is 5. The second-order valence-corrected chi connectivity index (χ2v) is 6.64. The van der Waals surface area contributed by atoms with Crippen molar-refractivity contribution in [3.63, 3.8) is 0 Å². The molecule has 7 nitrogen and oxygen atoms in total. The van der Waals surface area contributed by atoms with Gasteiger partial charge in [-0.15, -0.1) is 0 Å². The molecule has 0 aliphatic rings. The first-order valence-corrected chi connectivity index (χ1v) is 9.78. The molecule has 0 aliphatic heterocycles.